The first-order valence-electron chi connectivity index (χ1n) is 8.34. The van der Waals surface area contributed by atoms with Gasteiger partial charge in [0.25, 0.3) is 0 Å². The number of carbonyl (C=O) groups excluding carboxylic acids is 3. The number of rotatable bonds is 4. The third-order valence-electron chi connectivity index (χ3n) is 3.99. The Bertz CT molecular complexity index is 914. The van der Waals surface area contributed by atoms with E-state index in [0.29, 0.717) is 11.2 Å². The van der Waals surface area contributed by atoms with Crippen molar-refractivity contribution in [3.05, 3.63) is 12.7 Å². The Morgan fingerprint density at radius 3 is 2.32 bits per heavy atom. The summed E-state index contributed by atoms with van der Waals surface area (Å²) in [5, 5.41) is 0. The van der Waals surface area contributed by atoms with Gasteiger partial charge in [0, 0.05) is 20.8 Å². The molecule has 12 nitrogen and oxygen atoms in total. The molecular weight excluding hydrogens is 374 g/mol. The standard InChI is InChI=1S/C16H19N5O7/c1-7(22)26-10-4-25-16(13(28-9(3)24)12(10)27-8(2)23)21-6-20-11-14(17)18-5-19-15(11)21/h5-6,10,12-13,16H,4H2,1-3H3,(H2,17,18,19)/t10-,12-,13+,16+/m1/s1. The maximum absolute atomic E-state index is 11.7. The summed E-state index contributed by atoms with van der Waals surface area (Å²) >= 11 is 0. The molecule has 1 fully saturated rings. The van der Waals surface area contributed by atoms with E-state index in [1.165, 1.54) is 38.0 Å². The third-order valence-corrected chi connectivity index (χ3v) is 3.99. The zero-order chi connectivity index (χ0) is 20.4. The number of carbonyl (C=O) groups is 3. The van der Waals surface area contributed by atoms with E-state index in [9.17, 15) is 14.4 Å². The molecule has 0 amide bonds. The summed E-state index contributed by atoms with van der Waals surface area (Å²) in [5.74, 6) is -1.71. The van der Waals surface area contributed by atoms with Crippen molar-refractivity contribution >= 4 is 34.9 Å². The lowest BCUT2D eigenvalue weighted by Gasteiger charge is -2.40. The van der Waals surface area contributed by atoms with Crippen molar-refractivity contribution in [2.75, 3.05) is 12.3 Å². The van der Waals surface area contributed by atoms with Gasteiger partial charge in [-0.2, -0.15) is 0 Å². The van der Waals surface area contributed by atoms with Crippen LogP contribution in [-0.4, -0.2) is 62.3 Å². The third kappa shape index (κ3) is 3.86. The molecule has 2 aromatic heterocycles. The number of nitrogens with two attached hydrogens (primary N) is 1. The van der Waals surface area contributed by atoms with Crippen molar-refractivity contribution in [2.45, 2.75) is 45.3 Å². The lowest BCUT2D eigenvalue weighted by atomic mass is 10.0. The number of aromatic nitrogens is 4. The van der Waals surface area contributed by atoms with Gasteiger partial charge < -0.3 is 24.7 Å². The van der Waals surface area contributed by atoms with Crippen LogP contribution >= 0.6 is 0 Å². The number of nitrogens with zero attached hydrogens (tertiary/aromatic N) is 4. The summed E-state index contributed by atoms with van der Waals surface area (Å²) in [6.45, 7) is 3.49. The number of fused-ring (bicyclic) bond motifs is 1. The molecule has 150 valence electrons. The minimum absolute atomic E-state index is 0.111. The van der Waals surface area contributed by atoms with Crippen molar-refractivity contribution < 1.29 is 33.3 Å². The Morgan fingerprint density at radius 1 is 1.04 bits per heavy atom. The predicted molar refractivity (Wildman–Crippen MR) is 91.4 cm³/mol. The van der Waals surface area contributed by atoms with E-state index in [4.69, 9.17) is 24.7 Å². The first-order valence-corrected chi connectivity index (χ1v) is 8.34. The minimum Gasteiger partial charge on any atom is -0.456 e. The second-order valence-corrected chi connectivity index (χ2v) is 6.10. The number of ether oxygens (including phenoxy) is 4. The highest BCUT2D eigenvalue weighted by Gasteiger charge is 2.48. The number of anilines is 1. The summed E-state index contributed by atoms with van der Waals surface area (Å²) < 4.78 is 23.2. The molecule has 0 bridgehead atoms. The summed E-state index contributed by atoms with van der Waals surface area (Å²) in [5.41, 5.74) is 6.47. The molecule has 2 aromatic rings. The molecule has 0 aromatic carbocycles. The van der Waals surface area contributed by atoms with Gasteiger partial charge in [-0.15, -0.1) is 0 Å². The van der Waals surface area contributed by atoms with E-state index in [-0.39, 0.29) is 12.4 Å². The van der Waals surface area contributed by atoms with Crippen molar-refractivity contribution in [1.29, 1.82) is 0 Å². The van der Waals surface area contributed by atoms with Crippen LogP contribution < -0.4 is 5.73 Å². The van der Waals surface area contributed by atoms with Crippen LogP contribution in [0.2, 0.25) is 0 Å². The molecule has 1 aliphatic heterocycles. The average molecular weight is 393 g/mol. The van der Waals surface area contributed by atoms with Crippen LogP contribution in [0.25, 0.3) is 11.2 Å². The largest absolute Gasteiger partial charge is 0.456 e. The molecule has 0 spiro atoms. The number of hydrogen-bond acceptors (Lipinski definition) is 11. The molecule has 2 N–H and O–H groups in total. The van der Waals surface area contributed by atoms with Crippen LogP contribution in [0.1, 0.15) is 27.0 Å². The minimum atomic E-state index is -1.13. The first-order chi connectivity index (χ1) is 13.3. The zero-order valence-electron chi connectivity index (χ0n) is 15.4. The number of nitrogen functional groups attached to an aromatic ring is 1. The Morgan fingerprint density at radius 2 is 1.68 bits per heavy atom. The van der Waals surface area contributed by atoms with E-state index < -0.39 is 42.4 Å². The van der Waals surface area contributed by atoms with Gasteiger partial charge in [-0.3, -0.25) is 19.0 Å². The molecule has 0 radical (unpaired) electrons. The number of imidazole rings is 1. The average Bonchev–Trinajstić information content (AvgIpc) is 3.02. The monoisotopic (exact) mass is 393 g/mol. The predicted octanol–water partition coefficient (Wildman–Crippen LogP) is -0.268. The van der Waals surface area contributed by atoms with Crippen LogP contribution in [0, 0.1) is 0 Å². The highest BCUT2D eigenvalue weighted by atomic mass is 16.6. The van der Waals surface area contributed by atoms with Crippen LogP contribution in [0.4, 0.5) is 5.82 Å². The quantitative estimate of drug-likeness (QED) is 0.538. The highest BCUT2D eigenvalue weighted by Crippen LogP contribution is 2.32. The SMILES string of the molecule is CC(=O)O[C@H]1[C@H](OC(C)=O)[C@@H](n2cnc3c(N)ncnc32)OC[C@H]1OC(C)=O. The number of hydrogen-bond donors (Lipinski definition) is 1. The normalized spacial score (nSPS) is 24.5. The Balaban J connectivity index is 2.03. The fraction of sp³-hybridized carbons (Fsp3) is 0.500. The topological polar surface area (TPSA) is 158 Å². The Kier molecular flexibility index (Phi) is 5.40. The molecule has 1 aliphatic rings. The highest BCUT2D eigenvalue weighted by molar-refractivity contribution is 5.81. The molecule has 12 heteroatoms. The van der Waals surface area contributed by atoms with Crippen molar-refractivity contribution in [1.82, 2.24) is 19.5 Å². The lowest BCUT2D eigenvalue weighted by molar-refractivity contribution is -0.239. The molecule has 3 rings (SSSR count). The molecule has 3 heterocycles. The van der Waals surface area contributed by atoms with E-state index in [2.05, 4.69) is 15.0 Å². The second kappa shape index (κ2) is 7.76. The van der Waals surface area contributed by atoms with Crippen molar-refractivity contribution in [2.24, 2.45) is 0 Å². The van der Waals surface area contributed by atoms with Gasteiger partial charge in [-0.05, 0) is 0 Å². The maximum Gasteiger partial charge on any atom is 0.303 e. The zero-order valence-corrected chi connectivity index (χ0v) is 15.4. The van der Waals surface area contributed by atoms with Crippen molar-refractivity contribution in [3.8, 4) is 0 Å². The first kappa shape index (κ1) is 19.5. The lowest BCUT2D eigenvalue weighted by Crippen LogP contribution is -2.55. The summed E-state index contributed by atoms with van der Waals surface area (Å²) in [6.07, 6.45) is -1.50. The summed E-state index contributed by atoms with van der Waals surface area (Å²) in [7, 11) is 0. The van der Waals surface area contributed by atoms with Crippen LogP contribution in [0.15, 0.2) is 12.7 Å². The van der Waals surface area contributed by atoms with Gasteiger partial charge in [0.05, 0.1) is 12.9 Å². The smallest absolute Gasteiger partial charge is 0.303 e. The van der Waals surface area contributed by atoms with E-state index in [0.717, 1.165) is 0 Å². The van der Waals surface area contributed by atoms with Gasteiger partial charge in [-0.25, -0.2) is 15.0 Å². The number of esters is 3. The van der Waals surface area contributed by atoms with E-state index in [1.807, 2.05) is 0 Å². The van der Waals surface area contributed by atoms with Gasteiger partial charge in [0.1, 0.15) is 11.8 Å². The summed E-state index contributed by atoms with van der Waals surface area (Å²) in [4.78, 5) is 46.9. The van der Waals surface area contributed by atoms with Gasteiger partial charge in [-0.1, -0.05) is 0 Å². The molecule has 4 atom stereocenters. The fourth-order valence-corrected chi connectivity index (χ4v) is 3.02. The van der Waals surface area contributed by atoms with Crippen molar-refractivity contribution in [3.63, 3.8) is 0 Å². The summed E-state index contributed by atoms with van der Waals surface area (Å²) in [6, 6.07) is 0. The van der Waals surface area contributed by atoms with Crippen LogP contribution in [0.5, 0.6) is 0 Å². The Hall–Kier alpha value is -3.28. The van der Waals surface area contributed by atoms with Gasteiger partial charge >= 0.3 is 17.9 Å². The molecule has 1 saturated heterocycles. The second-order valence-electron chi connectivity index (χ2n) is 6.10. The van der Waals surface area contributed by atoms with E-state index >= 15 is 0 Å². The molecule has 0 unspecified atom stereocenters. The van der Waals surface area contributed by atoms with Crippen LogP contribution in [0.3, 0.4) is 0 Å². The van der Waals surface area contributed by atoms with Gasteiger partial charge in [0.2, 0.25) is 0 Å². The van der Waals surface area contributed by atoms with Crippen LogP contribution in [-0.2, 0) is 33.3 Å². The molecule has 28 heavy (non-hydrogen) atoms. The van der Waals surface area contributed by atoms with Gasteiger partial charge in [0.15, 0.2) is 36.0 Å². The molecule has 0 saturated carbocycles. The molecular formula is C16H19N5O7. The Labute approximate surface area is 158 Å². The maximum atomic E-state index is 11.7. The molecule has 0 aliphatic carbocycles. The fourth-order valence-electron chi connectivity index (χ4n) is 3.02. The van der Waals surface area contributed by atoms with E-state index in [1.54, 1.807) is 0 Å².